The number of likely N-dealkylation sites (tertiary alicyclic amines) is 1. The van der Waals surface area contributed by atoms with Crippen molar-refractivity contribution in [1.29, 1.82) is 0 Å². The summed E-state index contributed by atoms with van der Waals surface area (Å²) in [7, 11) is 0. The molecule has 1 amide bonds. The van der Waals surface area contributed by atoms with Crippen molar-refractivity contribution in [2.24, 2.45) is 11.7 Å². The van der Waals surface area contributed by atoms with Gasteiger partial charge >= 0.3 is 5.69 Å². The second kappa shape index (κ2) is 6.00. The highest BCUT2D eigenvalue weighted by atomic mass is 16.6. The summed E-state index contributed by atoms with van der Waals surface area (Å²) in [5, 5.41) is 14.4. The molecule has 0 aromatic carbocycles. The number of nitrogens with two attached hydrogens (primary N) is 1. The monoisotopic (exact) mass is 281 g/mol. The molecule has 2 heterocycles. The number of nitrogens with zero attached hydrogens (tertiary/aromatic N) is 4. The van der Waals surface area contributed by atoms with Gasteiger partial charge in [0.25, 0.3) is 0 Å². The maximum Gasteiger partial charge on any atom is 0.306 e. The number of aryl methyl sites for hydroxylation is 1. The van der Waals surface area contributed by atoms with Crippen molar-refractivity contribution in [3.8, 4) is 0 Å². The molecule has 0 aliphatic carbocycles. The Labute approximate surface area is 116 Å². The number of amides is 1. The van der Waals surface area contributed by atoms with Crippen LogP contribution >= 0.6 is 0 Å². The Morgan fingerprint density at radius 3 is 2.95 bits per heavy atom. The van der Waals surface area contributed by atoms with Crippen LogP contribution in [-0.2, 0) is 11.3 Å². The highest BCUT2D eigenvalue weighted by molar-refractivity contribution is 5.76. The van der Waals surface area contributed by atoms with Gasteiger partial charge in [-0.3, -0.25) is 19.6 Å². The van der Waals surface area contributed by atoms with Gasteiger partial charge in [0, 0.05) is 25.6 Å². The molecule has 20 heavy (non-hydrogen) atoms. The average molecular weight is 281 g/mol. The molecule has 0 bridgehead atoms. The fraction of sp³-hybridized carbons (Fsp3) is 0.667. The molecule has 1 saturated heterocycles. The number of nitro groups is 1. The minimum Gasteiger partial charge on any atom is -0.340 e. The van der Waals surface area contributed by atoms with E-state index in [1.807, 2.05) is 11.8 Å². The van der Waals surface area contributed by atoms with Crippen LogP contribution in [0.25, 0.3) is 0 Å². The molecule has 0 saturated carbocycles. The van der Waals surface area contributed by atoms with E-state index in [4.69, 9.17) is 5.73 Å². The summed E-state index contributed by atoms with van der Waals surface area (Å²) in [5.41, 5.74) is 5.58. The van der Waals surface area contributed by atoms with Crippen LogP contribution < -0.4 is 5.73 Å². The Morgan fingerprint density at radius 1 is 1.65 bits per heavy atom. The van der Waals surface area contributed by atoms with Crippen LogP contribution in [0.2, 0.25) is 0 Å². The van der Waals surface area contributed by atoms with Crippen molar-refractivity contribution < 1.29 is 9.72 Å². The largest absolute Gasteiger partial charge is 0.340 e. The first-order valence-electron chi connectivity index (χ1n) is 6.67. The van der Waals surface area contributed by atoms with E-state index in [9.17, 15) is 14.9 Å². The third kappa shape index (κ3) is 3.13. The van der Waals surface area contributed by atoms with E-state index in [0.717, 1.165) is 6.42 Å². The van der Waals surface area contributed by atoms with Crippen molar-refractivity contribution >= 4 is 11.6 Å². The van der Waals surface area contributed by atoms with Gasteiger partial charge in [-0.2, -0.15) is 5.10 Å². The van der Waals surface area contributed by atoms with Crippen molar-refractivity contribution in [2.45, 2.75) is 32.4 Å². The summed E-state index contributed by atoms with van der Waals surface area (Å²) in [6.07, 6.45) is 3.76. The van der Waals surface area contributed by atoms with Crippen molar-refractivity contribution in [2.75, 3.05) is 13.1 Å². The molecule has 1 aromatic rings. The van der Waals surface area contributed by atoms with Gasteiger partial charge in [-0.05, 0) is 25.8 Å². The van der Waals surface area contributed by atoms with Crippen LogP contribution in [0.3, 0.4) is 0 Å². The molecule has 0 spiro atoms. The molecule has 1 aliphatic heterocycles. The molecule has 1 fully saturated rings. The maximum atomic E-state index is 12.1. The van der Waals surface area contributed by atoms with E-state index in [0.29, 0.717) is 32.0 Å². The minimum absolute atomic E-state index is 0.0478. The van der Waals surface area contributed by atoms with Crippen LogP contribution in [0.4, 0.5) is 5.69 Å². The van der Waals surface area contributed by atoms with Gasteiger partial charge in [0.1, 0.15) is 12.4 Å². The zero-order chi connectivity index (χ0) is 14.7. The number of hydrogen-bond donors (Lipinski definition) is 1. The minimum atomic E-state index is -0.500. The normalized spacial score (nSPS) is 22.2. The van der Waals surface area contributed by atoms with E-state index < -0.39 is 4.92 Å². The number of carbonyl (C=O) groups is 1. The molecule has 2 atom stereocenters. The van der Waals surface area contributed by atoms with Gasteiger partial charge in [-0.25, -0.2) is 0 Å². The fourth-order valence-corrected chi connectivity index (χ4v) is 2.58. The van der Waals surface area contributed by atoms with E-state index in [2.05, 4.69) is 5.10 Å². The molecule has 8 heteroatoms. The molecule has 2 N–H and O–H groups in total. The average Bonchev–Trinajstić information content (AvgIpc) is 3.02. The molecular formula is C12H19N5O3. The Morgan fingerprint density at radius 2 is 2.40 bits per heavy atom. The van der Waals surface area contributed by atoms with Crippen molar-refractivity contribution in [3.05, 3.63) is 22.5 Å². The van der Waals surface area contributed by atoms with E-state index in [1.54, 1.807) is 0 Å². The van der Waals surface area contributed by atoms with E-state index >= 15 is 0 Å². The van der Waals surface area contributed by atoms with Gasteiger partial charge in [-0.15, -0.1) is 0 Å². The van der Waals surface area contributed by atoms with Crippen LogP contribution in [0, 0.1) is 16.0 Å². The highest BCUT2D eigenvalue weighted by Gasteiger charge is 2.31. The lowest BCUT2D eigenvalue weighted by molar-refractivity contribution is -0.385. The summed E-state index contributed by atoms with van der Waals surface area (Å²) in [6.45, 7) is 3.67. The third-order valence-electron chi connectivity index (χ3n) is 3.70. The summed E-state index contributed by atoms with van der Waals surface area (Å²) in [5.74, 6) is 0.423. The van der Waals surface area contributed by atoms with Gasteiger partial charge < -0.3 is 10.6 Å². The first-order valence-corrected chi connectivity index (χ1v) is 6.67. The van der Waals surface area contributed by atoms with Crippen LogP contribution in [0.5, 0.6) is 0 Å². The maximum absolute atomic E-state index is 12.1. The SMILES string of the molecule is CC1CC(CN)CN1C(=O)CCn1cc([N+](=O)[O-])cn1. The number of rotatable bonds is 5. The zero-order valence-electron chi connectivity index (χ0n) is 11.4. The molecule has 1 aromatic heterocycles. The standard InChI is InChI=1S/C12H19N5O3/c1-9-4-10(5-13)7-16(9)12(18)2-3-15-8-11(6-14-15)17(19)20/h6,8-10H,2-5,7,13H2,1H3. The molecule has 8 nitrogen and oxygen atoms in total. The number of hydrogen-bond acceptors (Lipinski definition) is 5. The predicted molar refractivity (Wildman–Crippen MR) is 71.8 cm³/mol. The molecule has 1 aliphatic rings. The topological polar surface area (TPSA) is 107 Å². The highest BCUT2D eigenvalue weighted by Crippen LogP contribution is 2.22. The third-order valence-corrected chi connectivity index (χ3v) is 3.70. The van der Waals surface area contributed by atoms with Gasteiger partial charge in [0.15, 0.2) is 0 Å². The van der Waals surface area contributed by atoms with Gasteiger partial charge in [0.2, 0.25) is 5.91 Å². The Hall–Kier alpha value is -1.96. The lowest BCUT2D eigenvalue weighted by Gasteiger charge is -2.21. The number of carbonyl (C=O) groups excluding carboxylic acids is 1. The first kappa shape index (κ1) is 14.4. The fourth-order valence-electron chi connectivity index (χ4n) is 2.58. The molecule has 110 valence electrons. The van der Waals surface area contributed by atoms with Crippen LogP contribution in [0.15, 0.2) is 12.4 Å². The number of aromatic nitrogens is 2. The Kier molecular flexibility index (Phi) is 4.33. The summed E-state index contributed by atoms with van der Waals surface area (Å²) in [6, 6.07) is 0.211. The first-order chi connectivity index (χ1) is 9.51. The van der Waals surface area contributed by atoms with Crippen molar-refractivity contribution in [1.82, 2.24) is 14.7 Å². The second-order valence-corrected chi connectivity index (χ2v) is 5.20. The quantitative estimate of drug-likeness (QED) is 0.620. The Balaban J connectivity index is 1.87. The molecular weight excluding hydrogens is 262 g/mol. The zero-order valence-corrected chi connectivity index (χ0v) is 11.4. The van der Waals surface area contributed by atoms with Crippen LogP contribution in [-0.4, -0.2) is 44.6 Å². The summed E-state index contributed by atoms with van der Waals surface area (Å²) < 4.78 is 1.43. The molecule has 2 rings (SSSR count). The van der Waals surface area contributed by atoms with E-state index in [1.165, 1.54) is 17.1 Å². The van der Waals surface area contributed by atoms with Crippen LogP contribution in [0.1, 0.15) is 19.8 Å². The van der Waals surface area contributed by atoms with Gasteiger partial charge in [0.05, 0.1) is 4.92 Å². The lowest BCUT2D eigenvalue weighted by Crippen LogP contribution is -2.34. The van der Waals surface area contributed by atoms with Gasteiger partial charge in [-0.1, -0.05) is 0 Å². The predicted octanol–water partition coefficient (Wildman–Crippen LogP) is 0.377. The summed E-state index contributed by atoms with van der Waals surface area (Å²) >= 11 is 0. The second-order valence-electron chi connectivity index (χ2n) is 5.20. The van der Waals surface area contributed by atoms with E-state index in [-0.39, 0.29) is 17.6 Å². The Bertz CT molecular complexity index is 501. The lowest BCUT2D eigenvalue weighted by atomic mass is 10.1. The smallest absolute Gasteiger partial charge is 0.306 e. The summed E-state index contributed by atoms with van der Waals surface area (Å²) in [4.78, 5) is 24.0. The molecule has 2 unspecified atom stereocenters. The van der Waals surface area contributed by atoms with Crippen molar-refractivity contribution in [3.63, 3.8) is 0 Å². The molecule has 0 radical (unpaired) electrons.